The average Bonchev–Trinajstić information content (AvgIpc) is 2.47. The van der Waals surface area contributed by atoms with E-state index in [1.54, 1.807) is 12.1 Å². The Morgan fingerprint density at radius 3 is 2.30 bits per heavy atom. The Morgan fingerprint density at radius 2 is 1.70 bits per heavy atom. The maximum atomic E-state index is 9.22. The Balaban J connectivity index is 2.24. The molecule has 3 nitrogen and oxygen atoms in total. The van der Waals surface area contributed by atoms with E-state index in [-0.39, 0.29) is 6.04 Å². The third kappa shape index (κ3) is 2.79. The van der Waals surface area contributed by atoms with Gasteiger partial charge in [0.25, 0.3) is 0 Å². The summed E-state index contributed by atoms with van der Waals surface area (Å²) in [5.74, 6) is 0. The van der Waals surface area contributed by atoms with Crippen molar-refractivity contribution in [1.82, 2.24) is 0 Å². The van der Waals surface area contributed by atoms with E-state index in [0.29, 0.717) is 11.1 Å². The molecule has 98 valence electrons. The summed E-state index contributed by atoms with van der Waals surface area (Å²) in [4.78, 5) is 0. The maximum absolute atomic E-state index is 9.22. The van der Waals surface area contributed by atoms with E-state index in [4.69, 9.17) is 5.26 Å². The highest BCUT2D eigenvalue weighted by Crippen LogP contribution is 2.24. The van der Waals surface area contributed by atoms with Gasteiger partial charge in [-0.05, 0) is 43.2 Å². The third-order valence-corrected chi connectivity index (χ3v) is 3.30. The van der Waals surface area contributed by atoms with Crippen LogP contribution in [-0.2, 0) is 0 Å². The van der Waals surface area contributed by atoms with Crippen molar-refractivity contribution in [2.75, 3.05) is 5.32 Å². The van der Waals surface area contributed by atoms with Crippen LogP contribution in [-0.4, -0.2) is 0 Å². The fraction of sp³-hybridized carbons (Fsp3) is 0.176. The molecule has 0 amide bonds. The van der Waals surface area contributed by atoms with Crippen molar-refractivity contribution in [3.63, 3.8) is 0 Å². The van der Waals surface area contributed by atoms with Crippen molar-refractivity contribution in [3.05, 3.63) is 64.7 Å². The largest absolute Gasteiger partial charge is 0.377 e. The second kappa shape index (κ2) is 5.91. The molecule has 1 N–H and O–H groups in total. The van der Waals surface area contributed by atoms with Gasteiger partial charge >= 0.3 is 0 Å². The molecule has 2 aromatic rings. The molecule has 0 spiro atoms. The predicted octanol–water partition coefficient (Wildman–Crippen LogP) is 3.91. The molecular weight excluding hydrogens is 246 g/mol. The lowest BCUT2D eigenvalue weighted by Gasteiger charge is -2.17. The van der Waals surface area contributed by atoms with Gasteiger partial charge in [-0.3, -0.25) is 0 Å². The normalized spacial score (nSPS) is 11.2. The standard InChI is InChI=1S/C17H15N3/c1-12-4-3-5-17(16(12)11-19)20-13(2)15-8-6-14(10-18)7-9-15/h3-9,13,20H,1-2H3. The first-order chi connectivity index (χ1) is 9.65. The molecule has 1 atom stereocenters. The van der Waals surface area contributed by atoms with Gasteiger partial charge in [-0.15, -0.1) is 0 Å². The molecule has 0 heterocycles. The van der Waals surface area contributed by atoms with E-state index in [9.17, 15) is 5.26 Å². The fourth-order valence-electron chi connectivity index (χ4n) is 2.10. The zero-order valence-corrected chi connectivity index (χ0v) is 11.5. The summed E-state index contributed by atoms with van der Waals surface area (Å²) < 4.78 is 0. The lowest BCUT2D eigenvalue weighted by atomic mass is 10.0. The molecule has 0 fully saturated rings. The minimum absolute atomic E-state index is 0.0663. The van der Waals surface area contributed by atoms with Crippen molar-refractivity contribution in [2.24, 2.45) is 0 Å². The van der Waals surface area contributed by atoms with Gasteiger partial charge in [0.1, 0.15) is 6.07 Å². The van der Waals surface area contributed by atoms with Gasteiger partial charge in [0.05, 0.1) is 22.9 Å². The molecule has 0 aliphatic rings. The van der Waals surface area contributed by atoms with Crippen molar-refractivity contribution in [2.45, 2.75) is 19.9 Å². The number of rotatable bonds is 3. The molecule has 3 heteroatoms. The smallest absolute Gasteiger partial charge is 0.102 e. The van der Waals surface area contributed by atoms with Crippen molar-refractivity contribution < 1.29 is 0 Å². The Kier molecular flexibility index (Phi) is 4.03. The molecule has 2 aromatic carbocycles. The van der Waals surface area contributed by atoms with Crippen LogP contribution in [0, 0.1) is 29.6 Å². The number of benzene rings is 2. The Bertz CT molecular complexity index is 688. The van der Waals surface area contributed by atoms with E-state index < -0.39 is 0 Å². The number of nitriles is 2. The van der Waals surface area contributed by atoms with Crippen molar-refractivity contribution in [1.29, 1.82) is 10.5 Å². The molecule has 20 heavy (non-hydrogen) atoms. The fourth-order valence-corrected chi connectivity index (χ4v) is 2.10. The van der Waals surface area contributed by atoms with Gasteiger partial charge in [-0.25, -0.2) is 0 Å². The lowest BCUT2D eigenvalue weighted by molar-refractivity contribution is 0.883. The number of hydrogen-bond donors (Lipinski definition) is 1. The summed E-state index contributed by atoms with van der Waals surface area (Å²) >= 11 is 0. The summed E-state index contributed by atoms with van der Waals surface area (Å²) in [6.45, 7) is 3.96. The number of nitrogens with zero attached hydrogens (tertiary/aromatic N) is 2. The van der Waals surface area contributed by atoms with Crippen LogP contribution in [0.5, 0.6) is 0 Å². The second-order valence-electron chi connectivity index (χ2n) is 4.71. The summed E-state index contributed by atoms with van der Waals surface area (Å²) in [5, 5.41) is 21.4. The molecule has 0 aliphatic heterocycles. The SMILES string of the molecule is Cc1cccc(NC(C)c2ccc(C#N)cc2)c1C#N. The van der Waals surface area contributed by atoms with Crippen LogP contribution in [0.2, 0.25) is 0 Å². The number of nitrogens with one attached hydrogen (secondary N) is 1. The molecule has 0 saturated heterocycles. The minimum atomic E-state index is 0.0663. The Hall–Kier alpha value is -2.78. The number of hydrogen-bond acceptors (Lipinski definition) is 3. The first kappa shape index (κ1) is 13.6. The zero-order valence-electron chi connectivity index (χ0n) is 11.5. The molecule has 0 aliphatic carbocycles. The van der Waals surface area contributed by atoms with Crippen LogP contribution in [0.3, 0.4) is 0 Å². The third-order valence-electron chi connectivity index (χ3n) is 3.30. The van der Waals surface area contributed by atoms with Gasteiger partial charge in [0.2, 0.25) is 0 Å². The van der Waals surface area contributed by atoms with Crippen LogP contribution < -0.4 is 5.32 Å². The average molecular weight is 261 g/mol. The molecule has 0 saturated carbocycles. The lowest BCUT2D eigenvalue weighted by Crippen LogP contribution is -2.08. The molecular formula is C17H15N3. The van der Waals surface area contributed by atoms with E-state index in [0.717, 1.165) is 16.8 Å². The summed E-state index contributed by atoms with van der Waals surface area (Å²) in [7, 11) is 0. The van der Waals surface area contributed by atoms with Crippen LogP contribution in [0.4, 0.5) is 5.69 Å². The Labute approximate surface area is 119 Å². The van der Waals surface area contributed by atoms with E-state index in [2.05, 4.69) is 17.5 Å². The van der Waals surface area contributed by atoms with Gasteiger partial charge in [0.15, 0.2) is 0 Å². The number of anilines is 1. The van der Waals surface area contributed by atoms with Gasteiger partial charge in [-0.2, -0.15) is 10.5 Å². The quantitative estimate of drug-likeness (QED) is 0.911. The zero-order chi connectivity index (χ0) is 14.5. The van der Waals surface area contributed by atoms with Gasteiger partial charge in [0, 0.05) is 6.04 Å². The molecule has 0 bridgehead atoms. The topological polar surface area (TPSA) is 59.6 Å². The van der Waals surface area contributed by atoms with E-state index in [1.807, 2.05) is 44.2 Å². The summed E-state index contributed by atoms with van der Waals surface area (Å²) in [5.41, 5.74) is 4.20. The maximum Gasteiger partial charge on any atom is 0.102 e. The van der Waals surface area contributed by atoms with Crippen molar-refractivity contribution >= 4 is 5.69 Å². The van der Waals surface area contributed by atoms with Crippen LogP contribution in [0.15, 0.2) is 42.5 Å². The highest BCUT2D eigenvalue weighted by molar-refractivity contribution is 5.61. The van der Waals surface area contributed by atoms with E-state index >= 15 is 0 Å². The summed E-state index contributed by atoms with van der Waals surface area (Å²) in [6, 6.07) is 17.6. The predicted molar refractivity (Wildman–Crippen MR) is 79.1 cm³/mol. The number of aryl methyl sites for hydroxylation is 1. The van der Waals surface area contributed by atoms with Crippen LogP contribution >= 0.6 is 0 Å². The highest BCUT2D eigenvalue weighted by atomic mass is 14.9. The van der Waals surface area contributed by atoms with Gasteiger partial charge in [-0.1, -0.05) is 24.3 Å². The molecule has 0 aromatic heterocycles. The first-order valence-electron chi connectivity index (χ1n) is 6.42. The van der Waals surface area contributed by atoms with Crippen LogP contribution in [0.1, 0.15) is 35.2 Å². The molecule has 2 rings (SSSR count). The molecule has 1 unspecified atom stereocenters. The Morgan fingerprint density at radius 1 is 1.00 bits per heavy atom. The van der Waals surface area contributed by atoms with E-state index in [1.165, 1.54) is 0 Å². The molecule has 0 radical (unpaired) electrons. The monoisotopic (exact) mass is 261 g/mol. The minimum Gasteiger partial charge on any atom is -0.377 e. The summed E-state index contributed by atoms with van der Waals surface area (Å²) in [6.07, 6.45) is 0. The second-order valence-corrected chi connectivity index (χ2v) is 4.71. The van der Waals surface area contributed by atoms with Crippen LogP contribution in [0.25, 0.3) is 0 Å². The van der Waals surface area contributed by atoms with Crippen molar-refractivity contribution in [3.8, 4) is 12.1 Å². The van der Waals surface area contributed by atoms with Gasteiger partial charge < -0.3 is 5.32 Å². The first-order valence-corrected chi connectivity index (χ1v) is 6.42. The highest BCUT2D eigenvalue weighted by Gasteiger charge is 2.09.